The number of hydrogen-bond acceptors (Lipinski definition) is 1. The van der Waals surface area contributed by atoms with Crippen molar-refractivity contribution in [2.45, 2.75) is 38.5 Å². The fourth-order valence-electron chi connectivity index (χ4n) is 1.58. The monoisotopic (exact) mass is 154 g/mol. The van der Waals surface area contributed by atoms with Gasteiger partial charge in [0.05, 0.1) is 0 Å². The highest BCUT2D eigenvalue weighted by Crippen LogP contribution is 2.20. The molecule has 1 rings (SSSR count). The molecule has 0 bridgehead atoms. The van der Waals surface area contributed by atoms with E-state index in [1.54, 1.807) is 12.7 Å². The molecular weight excluding hydrogens is 136 g/mol. The number of ether oxygens (including phenoxy) is 1. The highest BCUT2D eigenvalue weighted by atomic mass is 16.5. The average molecular weight is 154 g/mol. The first kappa shape index (κ1) is 8.79. The molecule has 0 amide bonds. The zero-order valence-corrected chi connectivity index (χ0v) is 7.44. The highest BCUT2D eigenvalue weighted by molar-refractivity contribution is 5.04. The molecule has 0 aromatic carbocycles. The van der Waals surface area contributed by atoms with E-state index in [1.165, 1.54) is 38.5 Å². The second kappa shape index (κ2) is 5.36. The molecule has 0 spiro atoms. The quantitative estimate of drug-likeness (QED) is 0.447. The molecular formula is C10H18O. The van der Waals surface area contributed by atoms with Crippen LogP contribution in [0.4, 0.5) is 0 Å². The molecule has 64 valence electrons. The van der Waals surface area contributed by atoms with Gasteiger partial charge in [0.2, 0.25) is 0 Å². The molecule has 1 aliphatic carbocycles. The Hall–Kier alpha value is -0.300. The van der Waals surface area contributed by atoms with E-state index in [9.17, 15) is 0 Å². The second-order valence-corrected chi connectivity index (χ2v) is 3.20. The molecule has 0 heterocycles. The van der Waals surface area contributed by atoms with Crippen molar-refractivity contribution < 1.29 is 4.74 Å². The van der Waals surface area contributed by atoms with Crippen molar-refractivity contribution in [2.24, 2.45) is 0 Å². The van der Waals surface area contributed by atoms with Gasteiger partial charge in [-0.2, -0.15) is 0 Å². The number of rotatable bonds is 4. The van der Waals surface area contributed by atoms with Crippen LogP contribution in [-0.2, 0) is 4.74 Å². The lowest BCUT2D eigenvalue weighted by atomic mass is 9.96. The van der Waals surface area contributed by atoms with Crippen LogP contribution in [0.15, 0.2) is 11.6 Å². The minimum Gasteiger partial charge on any atom is -0.385 e. The van der Waals surface area contributed by atoms with E-state index >= 15 is 0 Å². The first-order valence-corrected chi connectivity index (χ1v) is 4.60. The van der Waals surface area contributed by atoms with Gasteiger partial charge in [-0.25, -0.2) is 0 Å². The summed E-state index contributed by atoms with van der Waals surface area (Å²) in [4.78, 5) is 0. The SMILES string of the molecule is COCCCC1=CCCCC1. The summed E-state index contributed by atoms with van der Waals surface area (Å²) >= 11 is 0. The van der Waals surface area contributed by atoms with Gasteiger partial charge in [-0.3, -0.25) is 0 Å². The number of allylic oxidation sites excluding steroid dienone is 2. The largest absolute Gasteiger partial charge is 0.385 e. The lowest BCUT2D eigenvalue weighted by Crippen LogP contribution is -1.94. The standard InChI is InChI=1S/C10H18O/c1-11-9-5-8-10-6-3-2-4-7-10/h6H,2-5,7-9H2,1H3. The van der Waals surface area contributed by atoms with Gasteiger partial charge < -0.3 is 4.74 Å². The molecule has 0 radical (unpaired) electrons. The van der Waals surface area contributed by atoms with Gasteiger partial charge in [-0.1, -0.05) is 11.6 Å². The molecule has 0 aromatic heterocycles. The van der Waals surface area contributed by atoms with E-state index in [-0.39, 0.29) is 0 Å². The van der Waals surface area contributed by atoms with E-state index in [2.05, 4.69) is 6.08 Å². The molecule has 0 saturated carbocycles. The van der Waals surface area contributed by atoms with Crippen molar-refractivity contribution >= 4 is 0 Å². The normalized spacial score (nSPS) is 18.1. The highest BCUT2D eigenvalue weighted by Gasteiger charge is 2.02. The zero-order valence-electron chi connectivity index (χ0n) is 7.44. The van der Waals surface area contributed by atoms with Crippen molar-refractivity contribution in [1.29, 1.82) is 0 Å². The topological polar surface area (TPSA) is 9.23 Å². The Bertz CT molecular complexity index is 127. The third-order valence-electron chi connectivity index (χ3n) is 2.23. The van der Waals surface area contributed by atoms with E-state index in [0.29, 0.717) is 0 Å². The summed E-state index contributed by atoms with van der Waals surface area (Å²) in [6.07, 6.45) is 10.3. The number of hydrogen-bond donors (Lipinski definition) is 0. The third-order valence-corrected chi connectivity index (χ3v) is 2.23. The van der Waals surface area contributed by atoms with Crippen LogP contribution in [0.2, 0.25) is 0 Å². The summed E-state index contributed by atoms with van der Waals surface area (Å²) in [5.74, 6) is 0. The van der Waals surface area contributed by atoms with Gasteiger partial charge in [0.1, 0.15) is 0 Å². The van der Waals surface area contributed by atoms with Gasteiger partial charge >= 0.3 is 0 Å². The molecule has 0 fully saturated rings. The van der Waals surface area contributed by atoms with Crippen LogP contribution in [0, 0.1) is 0 Å². The molecule has 1 heteroatoms. The summed E-state index contributed by atoms with van der Waals surface area (Å²) < 4.78 is 5.01. The Labute approximate surface area is 69.4 Å². The maximum Gasteiger partial charge on any atom is 0.0465 e. The van der Waals surface area contributed by atoms with E-state index in [0.717, 1.165) is 6.61 Å². The zero-order chi connectivity index (χ0) is 7.94. The van der Waals surface area contributed by atoms with Gasteiger partial charge in [-0.05, 0) is 38.5 Å². The molecule has 0 unspecified atom stereocenters. The van der Waals surface area contributed by atoms with E-state index < -0.39 is 0 Å². The lowest BCUT2D eigenvalue weighted by molar-refractivity contribution is 0.194. The lowest BCUT2D eigenvalue weighted by Gasteiger charge is -2.11. The summed E-state index contributed by atoms with van der Waals surface area (Å²) in [7, 11) is 1.77. The summed E-state index contributed by atoms with van der Waals surface area (Å²) in [6.45, 7) is 0.914. The van der Waals surface area contributed by atoms with E-state index in [4.69, 9.17) is 4.74 Å². The molecule has 0 N–H and O–H groups in total. The molecule has 0 aromatic rings. The van der Waals surface area contributed by atoms with Crippen LogP contribution in [-0.4, -0.2) is 13.7 Å². The van der Waals surface area contributed by atoms with Crippen LogP contribution < -0.4 is 0 Å². The summed E-state index contributed by atoms with van der Waals surface area (Å²) in [5, 5.41) is 0. The van der Waals surface area contributed by atoms with Crippen LogP contribution in [0.1, 0.15) is 38.5 Å². The molecule has 1 aliphatic rings. The van der Waals surface area contributed by atoms with Gasteiger partial charge in [0.15, 0.2) is 0 Å². The predicted octanol–water partition coefficient (Wildman–Crippen LogP) is 2.91. The van der Waals surface area contributed by atoms with Crippen molar-refractivity contribution in [2.75, 3.05) is 13.7 Å². The first-order chi connectivity index (χ1) is 5.43. The Balaban J connectivity index is 2.09. The maximum absolute atomic E-state index is 5.01. The minimum absolute atomic E-state index is 0.914. The van der Waals surface area contributed by atoms with Gasteiger partial charge in [0, 0.05) is 13.7 Å². The summed E-state index contributed by atoms with van der Waals surface area (Å²) in [6, 6.07) is 0. The van der Waals surface area contributed by atoms with Crippen molar-refractivity contribution in [3.63, 3.8) is 0 Å². The van der Waals surface area contributed by atoms with E-state index in [1.807, 2.05) is 0 Å². The molecule has 11 heavy (non-hydrogen) atoms. The number of methoxy groups -OCH3 is 1. The predicted molar refractivity (Wildman–Crippen MR) is 47.7 cm³/mol. The molecule has 1 nitrogen and oxygen atoms in total. The first-order valence-electron chi connectivity index (χ1n) is 4.60. The van der Waals surface area contributed by atoms with Crippen LogP contribution in [0.25, 0.3) is 0 Å². The Morgan fingerprint density at radius 3 is 3.00 bits per heavy atom. The van der Waals surface area contributed by atoms with Crippen LogP contribution in [0.3, 0.4) is 0 Å². The Kier molecular flexibility index (Phi) is 4.29. The minimum atomic E-state index is 0.914. The molecule has 0 atom stereocenters. The fraction of sp³-hybridized carbons (Fsp3) is 0.800. The average Bonchev–Trinajstić information content (AvgIpc) is 2.07. The van der Waals surface area contributed by atoms with Crippen LogP contribution in [0.5, 0.6) is 0 Å². The van der Waals surface area contributed by atoms with Crippen molar-refractivity contribution in [1.82, 2.24) is 0 Å². The van der Waals surface area contributed by atoms with Gasteiger partial charge in [-0.15, -0.1) is 0 Å². The Morgan fingerprint density at radius 1 is 1.45 bits per heavy atom. The molecule has 0 saturated heterocycles. The van der Waals surface area contributed by atoms with Gasteiger partial charge in [0.25, 0.3) is 0 Å². The maximum atomic E-state index is 5.01. The third kappa shape index (κ3) is 3.57. The van der Waals surface area contributed by atoms with Crippen molar-refractivity contribution in [3.05, 3.63) is 11.6 Å². The fourth-order valence-corrected chi connectivity index (χ4v) is 1.58. The smallest absolute Gasteiger partial charge is 0.0465 e. The Morgan fingerprint density at radius 2 is 2.36 bits per heavy atom. The molecule has 0 aliphatic heterocycles. The van der Waals surface area contributed by atoms with Crippen LogP contribution >= 0.6 is 0 Å². The second-order valence-electron chi connectivity index (χ2n) is 3.20. The van der Waals surface area contributed by atoms with Crippen molar-refractivity contribution in [3.8, 4) is 0 Å². The summed E-state index contributed by atoms with van der Waals surface area (Å²) in [5.41, 5.74) is 1.66.